The van der Waals surface area contributed by atoms with Gasteiger partial charge in [-0.05, 0) is 25.1 Å². The van der Waals surface area contributed by atoms with Crippen molar-refractivity contribution in [2.45, 2.75) is 64.4 Å². The molecule has 1 rings (SSSR count). The van der Waals surface area contributed by atoms with Crippen molar-refractivity contribution in [2.24, 2.45) is 5.92 Å². The van der Waals surface area contributed by atoms with Crippen LogP contribution in [0.5, 0.6) is 0 Å². The van der Waals surface area contributed by atoms with Crippen molar-refractivity contribution >= 4 is 31.7 Å². The Kier molecular flexibility index (Phi) is 7.42. The molecule has 0 aromatic rings. The monoisotopic (exact) mass is 395 g/mol. The topological polar surface area (TPSA) is 118 Å². The quantitative estimate of drug-likeness (QED) is 0.0934. The van der Waals surface area contributed by atoms with Gasteiger partial charge >= 0.3 is 11.7 Å². The molecule has 1 saturated heterocycles. The highest BCUT2D eigenvalue weighted by atomic mass is 28.4. The van der Waals surface area contributed by atoms with Gasteiger partial charge in [0.05, 0.1) is 18.1 Å². The molecule has 1 N–H and O–H groups in total. The number of amides is 1. The third-order valence-electron chi connectivity index (χ3n) is 5.15. The van der Waals surface area contributed by atoms with E-state index in [0.29, 0.717) is 0 Å². The summed E-state index contributed by atoms with van der Waals surface area (Å²) in [5, 5.41) is 2.65. The molecule has 0 saturated carbocycles. The zero-order chi connectivity index (χ0) is 21.0. The van der Waals surface area contributed by atoms with Crippen LogP contribution in [0.25, 0.3) is 5.53 Å². The third kappa shape index (κ3) is 5.44. The summed E-state index contributed by atoms with van der Waals surface area (Å²) in [5.41, 5.74) is 8.27. The summed E-state index contributed by atoms with van der Waals surface area (Å²) in [5.74, 6) is -2.45. The van der Waals surface area contributed by atoms with E-state index in [9.17, 15) is 14.4 Å². The Morgan fingerprint density at radius 3 is 2.44 bits per heavy atom. The van der Waals surface area contributed by atoms with E-state index in [1.807, 2.05) is 6.92 Å². The van der Waals surface area contributed by atoms with E-state index < -0.39 is 37.7 Å². The molecule has 1 amide bonds. The lowest BCUT2D eigenvalue weighted by atomic mass is 9.82. The van der Waals surface area contributed by atoms with Crippen LogP contribution in [-0.2, 0) is 23.5 Å². The van der Waals surface area contributed by atoms with Gasteiger partial charge in [-0.3, -0.25) is 9.59 Å². The van der Waals surface area contributed by atoms with Crippen molar-refractivity contribution in [2.75, 3.05) is 6.61 Å². The number of ketones is 1. The zero-order valence-corrected chi connectivity index (χ0v) is 17.9. The van der Waals surface area contributed by atoms with Crippen LogP contribution in [0.4, 0.5) is 0 Å². The van der Waals surface area contributed by atoms with Crippen molar-refractivity contribution in [1.82, 2.24) is 5.32 Å². The largest absolute Gasteiger partial charge is 0.453 e. The molecule has 0 radical (unpaired) electrons. The van der Waals surface area contributed by atoms with Crippen LogP contribution in [0.2, 0.25) is 18.1 Å². The summed E-state index contributed by atoms with van der Waals surface area (Å²) in [6.07, 6.45) is 0.781. The van der Waals surface area contributed by atoms with Crippen LogP contribution >= 0.6 is 0 Å². The van der Waals surface area contributed by atoms with Crippen LogP contribution in [0.15, 0.2) is 12.7 Å². The zero-order valence-electron chi connectivity index (χ0n) is 16.9. The molecular formula is C18H29N3O5Si. The highest BCUT2D eigenvalue weighted by Gasteiger charge is 2.49. The lowest BCUT2D eigenvalue weighted by Gasteiger charge is -2.45. The highest BCUT2D eigenvalue weighted by Crippen LogP contribution is 2.39. The molecule has 9 heteroatoms. The second kappa shape index (κ2) is 8.73. The first-order valence-electron chi connectivity index (χ1n) is 8.87. The van der Waals surface area contributed by atoms with E-state index in [2.05, 4.69) is 50.6 Å². The fraction of sp³-hybridized carbons (Fsp3) is 0.667. The van der Waals surface area contributed by atoms with Gasteiger partial charge in [0.2, 0.25) is 5.91 Å². The molecule has 1 aliphatic rings. The molecule has 0 aromatic carbocycles. The molecule has 0 spiro atoms. The van der Waals surface area contributed by atoms with Gasteiger partial charge in [-0.1, -0.05) is 33.4 Å². The first-order chi connectivity index (χ1) is 12.4. The Labute approximate surface area is 161 Å². The van der Waals surface area contributed by atoms with E-state index in [1.54, 1.807) is 0 Å². The summed E-state index contributed by atoms with van der Waals surface area (Å²) >= 11 is 0. The number of esters is 1. The smallest absolute Gasteiger partial charge is 0.441 e. The van der Waals surface area contributed by atoms with Gasteiger partial charge < -0.3 is 20.0 Å². The van der Waals surface area contributed by atoms with E-state index >= 15 is 0 Å². The number of nitrogens with one attached hydrogen (secondary N) is 1. The minimum absolute atomic E-state index is 0.0155. The van der Waals surface area contributed by atoms with Crippen LogP contribution in [-0.4, -0.2) is 55.2 Å². The van der Waals surface area contributed by atoms with Gasteiger partial charge in [-0.25, -0.2) is 4.79 Å². The number of carbonyl (C=O) groups is 3. The minimum Gasteiger partial charge on any atom is -0.453 e. The van der Waals surface area contributed by atoms with Crippen molar-refractivity contribution in [3.8, 4) is 0 Å². The fourth-order valence-electron chi connectivity index (χ4n) is 2.60. The molecular weight excluding hydrogens is 366 g/mol. The lowest BCUT2D eigenvalue weighted by Crippen LogP contribution is -2.64. The van der Waals surface area contributed by atoms with E-state index in [4.69, 9.17) is 14.7 Å². The predicted octanol–water partition coefficient (Wildman–Crippen LogP) is 1.87. The van der Waals surface area contributed by atoms with Crippen molar-refractivity contribution < 1.29 is 28.3 Å². The third-order valence-corrected chi connectivity index (χ3v) is 9.72. The maximum atomic E-state index is 12.3. The van der Waals surface area contributed by atoms with Crippen molar-refractivity contribution in [3.05, 3.63) is 18.2 Å². The van der Waals surface area contributed by atoms with E-state index in [0.717, 1.165) is 0 Å². The number of rotatable bonds is 9. The number of nitrogens with zero attached hydrogens (tertiary/aromatic N) is 2. The van der Waals surface area contributed by atoms with Crippen LogP contribution in [0, 0.1) is 5.92 Å². The van der Waals surface area contributed by atoms with Gasteiger partial charge in [0, 0.05) is 6.42 Å². The molecule has 1 aliphatic heterocycles. The number of β-lactam (4-membered cyclic amide) rings is 1. The fourth-order valence-corrected chi connectivity index (χ4v) is 4.03. The number of ether oxygens (including phenoxy) is 1. The van der Waals surface area contributed by atoms with Crippen LogP contribution in [0.1, 0.15) is 34.1 Å². The Bertz CT molecular complexity index is 677. The number of carbonyl (C=O) groups excluding carboxylic acids is 3. The molecule has 0 bridgehead atoms. The molecule has 1 heterocycles. The summed E-state index contributed by atoms with van der Waals surface area (Å²) in [6.45, 7) is 15.6. The lowest BCUT2D eigenvalue weighted by molar-refractivity contribution is -0.142. The Morgan fingerprint density at radius 1 is 1.41 bits per heavy atom. The highest BCUT2D eigenvalue weighted by molar-refractivity contribution is 6.74. The van der Waals surface area contributed by atoms with Crippen LogP contribution < -0.4 is 5.32 Å². The van der Waals surface area contributed by atoms with Crippen LogP contribution in [0.3, 0.4) is 0 Å². The maximum Gasteiger partial charge on any atom is 0.441 e. The Hall–Kier alpha value is -2.09. The summed E-state index contributed by atoms with van der Waals surface area (Å²) in [7, 11) is -2.09. The molecule has 0 unspecified atom stereocenters. The number of hydrogen-bond acceptors (Lipinski definition) is 5. The maximum absolute atomic E-state index is 12.3. The normalized spacial score (nSPS) is 20.6. The molecule has 8 nitrogen and oxygen atoms in total. The second-order valence-corrected chi connectivity index (χ2v) is 12.9. The molecule has 3 atom stereocenters. The van der Waals surface area contributed by atoms with Gasteiger partial charge in [0.15, 0.2) is 8.32 Å². The number of Topliss-reactive ketones (excluding diaryl/α,β-unsaturated/α-hetero) is 1. The Morgan fingerprint density at radius 2 is 2.00 bits per heavy atom. The molecule has 1 fully saturated rings. The SMILES string of the molecule is C=CCOC(=O)C(=[N+]=[N-])C(=O)C[C@H]1NC(=O)[C@@H]1[C@@H](C)O[Si](C)(C)C(C)(C)C. The predicted molar refractivity (Wildman–Crippen MR) is 103 cm³/mol. The van der Waals surface area contributed by atoms with Gasteiger partial charge in [0.1, 0.15) is 6.61 Å². The van der Waals surface area contributed by atoms with Crippen molar-refractivity contribution in [3.63, 3.8) is 0 Å². The molecule has 27 heavy (non-hydrogen) atoms. The van der Waals surface area contributed by atoms with E-state index in [1.165, 1.54) is 6.08 Å². The molecule has 150 valence electrons. The van der Waals surface area contributed by atoms with Gasteiger partial charge in [0.25, 0.3) is 5.78 Å². The minimum atomic E-state index is -2.09. The van der Waals surface area contributed by atoms with Gasteiger partial charge in [-0.2, -0.15) is 4.79 Å². The average Bonchev–Trinajstić information content (AvgIpc) is 2.50. The van der Waals surface area contributed by atoms with E-state index in [-0.39, 0.29) is 30.1 Å². The molecule has 0 aliphatic carbocycles. The average molecular weight is 396 g/mol. The summed E-state index contributed by atoms with van der Waals surface area (Å²) < 4.78 is 11.0. The summed E-state index contributed by atoms with van der Waals surface area (Å²) in [6, 6.07) is -0.492. The standard InChI is InChI=1S/C18H29N3O5Si/c1-8-9-25-17(24)15(21-19)13(22)10-12-14(16(23)20-12)11(2)26-27(6,7)18(3,4)5/h8,11-12,14H,1,9-10H2,2-7H3,(H,20,23)/t11-,12-,14-/m1/s1. The first-order valence-corrected chi connectivity index (χ1v) is 11.8. The Balaban J connectivity index is 2.80. The first kappa shape index (κ1) is 22.9. The second-order valence-electron chi connectivity index (χ2n) is 8.19. The molecule has 0 aromatic heterocycles. The van der Waals surface area contributed by atoms with Gasteiger partial charge in [-0.15, -0.1) is 0 Å². The summed E-state index contributed by atoms with van der Waals surface area (Å²) in [4.78, 5) is 38.9. The van der Waals surface area contributed by atoms with Crippen molar-refractivity contribution in [1.29, 1.82) is 0 Å². The number of hydrogen-bond donors (Lipinski definition) is 1.